The van der Waals surface area contributed by atoms with Gasteiger partial charge in [0.2, 0.25) is 0 Å². The molecule has 0 saturated heterocycles. The Morgan fingerprint density at radius 1 is 1.07 bits per heavy atom. The molecule has 3 aromatic rings. The van der Waals surface area contributed by atoms with E-state index in [4.69, 9.17) is 4.74 Å². The standard InChI is InChI=1S/C21H19N3O4S/c1-3-23-16-11-7-6-10-15(16)22-21(23)29-17(20(27)28-2)12-24-18(25)13-8-4-5-9-14(13)19(24)26/h4-11,17H,3,12H2,1-2H3/t17-/m0/s1. The summed E-state index contributed by atoms with van der Waals surface area (Å²) in [6, 6.07) is 14.4. The molecule has 7 nitrogen and oxygen atoms in total. The van der Waals surface area contributed by atoms with Crippen LogP contribution in [-0.2, 0) is 16.1 Å². The van der Waals surface area contributed by atoms with Crippen LogP contribution < -0.4 is 0 Å². The van der Waals surface area contributed by atoms with Gasteiger partial charge in [-0.05, 0) is 31.2 Å². The van der Waals surface area contributed by atoms with Gasteiger partial charge in [0.1, 0.15) is 5.25 Å². The van der Waals surface area contributed by atoms with Crippen LogP contribution in [0.15, 0.2) is 53.7 Å². The second kappa shape index (κ2) is 7.71. The van der Waals surface area contributed by atoms with Gasteiger partial charge in [0.25, 0.3) is 11.8 Å². The van der Waals surface area contributed by atoms with Crippen molar-refractivity contribution in [2.45, 2.75) is 23.9 Å². The Balaban J connectivity index is 1.64. The normalized spacial score (nSPS) is 14.3. The van der Waals surface area contributed by atoms with Crippen LogP contribution in [0.5, 0.6) is 0 Å². The van der Waals surface area contributed by atoms with E-state index in [0.717, 1.165) is 15.9 Å². The van der Waals surface area contributed by atoms with Gasteiger partial charge in [0, 0.05) is 6.54 Å². The molecule has 2 aromatic carbocycles. The topological polar surface area (TPSA) is 81.5 Å². The summed E-state index contributed by atoms with van der Waals surface area (Å²) in [4.78, 5) is 43.6. The number of esters is 1. The summed E-state index contributed by atoms with van der Waals surface area (Å²) in [5, 5.41) is -0.148. The van der Waals surface area contributed by atoms with Gasteiger partial charge < -0.3 is 9.30 Å². The maximum atomic E-state index is 12.7. The molecule has 2 amide bonds. The molecule has 0 saturated carbocycles. The van der Waals surface area contributed by atoms with Crippen LogP contribution >= 0.6 is 11.8 Å². The highest BCUT2D eigenvalue weighted by Crippen LogP contribution is 2.30. The summed E-state index contributed by atoms with van der Waals surface area (Å²) in [6.45, 7) is 2.58. The fourth-order valence-corrected chi connectivity index (χ4v) is 4.61. The van der Waals surface area contributed by atoms with Crippen LogP contribution in [0.2, 0.25) is 0 Å². The zero-order valence-electron chi connectivity index (χ0n) is 16.0. The summed E-state index contributed by atoms with van der Waals surface area (Å²) in [5.41, 5.74) is 2.49. The number of carbonyl (C=O) groups is 3. The predicted molar refractivity (Wildman–Crippen MR) is 109 cm³/mol. The van der Waals surface area contributed by atoms with Crippen molar-refractivity contribution in [1.82, 2.24) is 14.5 Å². The maximum absolute atomic E-state index is 12.7. The molecule has 0 radical (unpaired) electrons. The smallest absolute Gasteiger partial charge is 0.321 e. The number of fused-ring (bicyclic) bond motifs is 2. The number of hydrogen-bond donors (Lipinski definition) is 0. The molecular formula is C21H19N3O4S. The van der Waals surface area contributed by atoms with Crippen LogP contribution in [0.4, 0.5) is 0 Å². The highest BCUT2D eigenvalue weighted by atomic mass is 32.2. The lowest BCUT2D eigenvalue weighted by Crippen LogP contribution is -2.39. The minimum absolute atomic E-state index is 0.0867. The molecule has 4 rings (SSSR count). The first-order valence-corrected chi connectivity index (χ1v) is 10.1. The van der Waals surface area contributed by atoms with E-state index in [-0.39, 0.29) is 6.54 Å². The number of rotatable bonds is 6. The van der Waals surface area contributed by atoms with Gasteiger partial charge in [-0.15, -0.1) is 0 Å². The van der Waals surface area contributed by atoms with Crippen molar-refractivity contribution in [2.24, 2.45) is 0 Å². The fraction of sp³-hybridized carbons (Fsp3) is 0.238. The lowest BCUT2D eigenvalue weighted by Gasteiger charge is -2.20. The summed E-state index contributed by atoms with van der Waals surface area (Å²) in [5.74, 6) is -1.31. The molecule has 148 valence electrons. The molecule has 1 aliphatic rings. The Morgan fingerprint density at radius 2 is 1.69 bits per heavy atom. The van der Waals surface area contributed by atoms with E-state index in [1.165, 1.54) is 18.9 Å². The Kier molecular flexibility index (Phi) is 5.10. The highest BCUT2D eigenvalue weighted by Gasteiger charge is 2.38. The van der Waals surface area contributed by atoms with Gasteiger partial charge in [-0.2, -0.15) is 0 Å². The number of thioether (sulfide) groups is 1. The minimum Gasteiger partial charge on any atom is -0.468 e. The van der Waals surface area contributed by atoms with Crippen molar-refractivity contribution < 1.29 is 19.1 Å². The molecule has 0 unspecified atom stereocenters. The van der Waals surface area contributed by atoms with Gasteiger partial charge in [0.05, 0.1) is 35.8 Å². The molecule has 2 heterocycles. The molecule has 0 spiro atoms. The number of aryl methyl sites for hydroxylation is 1. The van der Waals surface area contributed by atoms with Crippen LogP contribution in [0.3, 0.4) is 0 Å². The number of aromatic nitrogens is 2. The van der Waals surface area contributed by atoms with Crippen LogP contribution in [0.1, 0.15) is 27.6 Å². The number of amides is 2. The van der Waals surface area contributed by atoms with Crippen molar-refractivity contribution in [3.8, 4) is 0 Å². The first-order chi connectivity index (χ1) is 14.0. The van der Waals surface area contributed by atoms with E-state index < -0.39 is 23.0 Å². The van der Waals surface area contributed by atoms with Gasteiger partial charge in [-0.1, -0.05) is 36.0 Å². The van der Waals surface area contributed by atoms with Gasteiger partial charge in [-0.25, -0.2) is 4.98 Å². The number of nitrogens with zero attached hydrogens (tertiary/aromatic N) is 3. The number of ether oxygens (including phenoxy) is 1. The zero-order valence-corrected chi connectivity index (χ0v) is 16.8. The fourth-order valence-electron chi connectivity index (χ4n) is 3.44. The van der Waals surface area contributed by atoms with Crippen LogP contribution in [0.25, 0.3) is 11.0 Å². The average Bonchev–Trinajstić information content (AvgIpc) is 3.22. The lowest BCUT2D eigenvalue weighted by atomic mass is 10.1. The molecule has 0 fully saturated rings. The molecule has 1 aromatic heterocycles. The van der Waals surface area contributed by atoms with Gasteiger partial charge >= 0.3 is 5.97 Å². The number of imidazole rings is 1. The van der Waals surface area contributed by atoms with Crippen LogP contribution in [0, 0.1) is 0 Å². The Hall–Kier alpha value is -3.13. The van der Waals surface area contributed by atoms with Gasteiger partial charge in [-0.3, -0.25) is 19.3 Å². The lowest BCUT2D eigenvalue weighted by molar-refractivity contribution is -0.140. The average molecular weight is 409 g/mol. The second-order valence-electron chi connectivity index (χ2n) is 6.52. The van der Waals surface area contributed by atoms with E-state index in [1.807, 2.05) is 35.8 Å². The van der Waals surface area contributed by atoms with Crippen molar-refractivity contribution in [1.29, 1.82) is 0 Å². The van der Waals surface area contributed by atoms with E-state index in [9.17, 15) is 14.4 Å². The van der Waals surface area contributed by atoms with Crippen molar-refractivity contribution in [3.05, 3.63) is 59.7 Å². The SMILES string of the molecule is CCn1c(S[C@@H](CN2C(=O)c3ccccc3C2=O)C(=O)OC)nc2ccccc21. The highest BCUT2D eigenvalue weighted by molar-refractivity contribution is 8.00. The first kappa shape index (κ1) is 19.2. The molecule has 29 heavy (non-hydrogen) atoms. The largest absolute Gasteiger partial charge is 0.468 e. The third-order valence-electron chi connectivity index (χ3n) is 4.87. The quantitative estimate of drug-likeness (QED) is 0.354. The molecule has 1 aliphatic heterocycles. The number of carbonyl (C=O) groups excluding carboxylic acids is 3. The summed E-state index contributed by atoms with van der Waals surface area (Å²) in [6.07, 6.45) is 0. The monoisotopic (exact) mass is 409 g/mol. The van der Waals surface area contributed by atoms with Crippen molar-refractivity contribution in [3.63, 3.8) is 0 Å². The molecule has 1 atom stereocenters. The molecular weight excluding hydrogens is 390 g/mol. The van der Waals surface area contributed by atoms with Crippen LogP contribution in [-0.4, -0.2) is 51.1 Å². The summed E-state index contributed by atoms with van der Waals surface area (Å²) < 4.78 is 6.94. The minimum atomic E-state index is -0.788. The number of benzene rings is 2. The first-order valence-electron chi connectivity index (χ1n) is 9.20. The molecule has 0 N–H and O–H groups in total. The number of methoxy groups -OCH3 is 1. The third kappa shape index (κ3) is 3.29. The molecule has 8 heteroatoms. The van der Waals surface area contributed by atoms with E-state index in [1.54, 1.807) is 24.3 Å². The maximum Gasteiger partial charge on any atom is 0.321 e. The van der Waals surface area contributed by atoms with Gasteiger partial charge in [0.15, 0.2) is 5.16 Å². The Morgan fingerprint density at radius 3 is 2.31 bits per heavy atom. The number of para-hydroxylation sites is 2. The van der Waals surface area contributed by atoms with Crippen molar-refractivity contribution >= 4 is 40.6 Å². The summed E-state index contributed by atoms with van der Waals surface area (Å²) >= 11 is 1.20. The Labute approximate surface area is 171 Å². The zero-order chi connectivity index (χ0) is 20.5. The van der Waals surface area contributed by atoms with E-state index in [2.05, 4.69) is 4.98 Å². The number of hydrogen-bond acceptors (Lipinski definition) is 6. The predicted octanol–water partition coefficient (Wildman–Crippen LogP) is 2.99. The second-order valence-corrected chi connectivity index (χ2v) is 7.69. The van der Waals surface area contributed by atoms with Crippen molar-refractivity contribution in [2.75, 3.05) is 13.7 Å². The van der Waals surface area contributed by atoms with E-state index >= 15 is 0 Å². The molecule has 0 aliphatic carbocycles. The van der Waals surface area contributed by atoms with E-state index in [0.29, 0.717) is 22.8 Å². The number of imide groups is 1. The molecule has 0 bridgehead atoms. The third-order valence-corrected chi connectivity index (χ3v) is 6.02. The Bertz CT molecular complexity index is 1090. The summed E-state index contributed by atoms with van der Waals surface area (Å²) in [7, 11) is 1.29.